The highest BCUT2D eigenvalue weighted by atomic mass is 19.4. The standard InChI is InChI=1S/C23H32F3N5O3/c1-11-5-16(20-30-31-21(34-20)28-13-8-17(32)18(33)9-13)29-19-14(11)6-12(27-10-23(24,25)26)7-15(19)22(2,3)4/h5-7,13-14,17-20,27,30,32-33H,8-10H2,1-4H3,(H,28,31)/t13?,14?,17-,18+,19?,20?. The van der Waals surface area contributed by atoms with E-state index in [2.05, 4.69) is 21.2 Å². The molecule has 11 heteroatoms. The molecule has 188 valence electrons. The molecule has 2 fully saturated rings. The number of nitrogens with one attached hydrogen (secondary N) is 3. The van der Waals surface area contributed by atoms with Gasteiger partial charge in [-0.2, -0.15) is 18.6 Å². The molecule has 34 heavy (non-hydrogen) atoms. The van der Waals surface area contributed by atoms with Crippen LogP contribution in [0.2, 0.25) is 0 Å². The minimum atomic E-state index is -4.30. The highest BCUT2D eigenvalue weighted by Gasteiger charge is 2.39. The van der Waals surface area contributed by atoms with Gasteiger partial charge in [-0.15, -0.1) is 0 Å². The molecule has 2 heterocycles. The number of hydrogen-bond donors (Lipinski definition) is 5. The zero-order valence-electron chi connectivity index (χ0n) is 19.6. The molecular formula is C23H32F3N5O3. The van der Waals surface area contributed by atoms with Crippen LogP contribution in [0, 0.1) is 11.3 Å². The van der Waals surface area contributed by atoms with Crippen LogP contribution in [0.15, 0.2) is 45.1 Å². The molecule has 4 rings (SSSR count). The van der Waals surface area contributed by atoms with Crippen LogP contribution in [0.5, 0.6) is 0 Å². The van der Waals surface area contributed by atoms with E-state index in [-0.39, 0.29) is 29.4 Å². The molecule has 4 unspecified atom stereocenters. The van der Waals surface area contributed by atoms with Crippen LogP contribution in [-0.4, -0.2) is 65.2 Å². The monoisotopic (exact) mass is 483 g/mol. The third-order valence-corrected chi connectivity index (χ3v) is 6.46. The van der Waals surface area contributed by atoms with Gasteiger partial charge in [0.2, 0.25) is 6.23 Å². The quantitative estimate of drug-likeness (QED) is 0.419. The SMILES string of the molecule is CC1=CC(C2NNC(=NC3C[C@@H](O)[C@@H](O)C3)O2)=NC2C(C(C)(C)C)=CC(NCC(F)(F)F)=CC12. The number of hydrazine groups is 1. The van der Waals surface area contributed by atoms with E-state index in [4.69, 9.17) is 9.73 Å². The van der Waals surface area contributed by atoms with E-state index in [9.17, 15) is 23.4 Å². The zero-order chi connectivity index (χ0) is 24.8. The number of aliphatic hydroxyl groups excluding tert-OH is 2. The summed E-state index contributed by atoms with van der Waals surface area (Å²) in [4.78, 5) is 9.36. The number of rotatable bonds is 4. The highest BCUT2D eigenvalue weighted by molar-refractivity contribution is 6.02. The summed E-state index contributed by atoms with van der Waals surface area (Å²) in [6.45, 7) is 6.91. The number of fused-ring (bicyclic) bond motifs is 1. The Kier molecular flexibility index (Phi) is 6.56. The molecule has 2 aliphatic carbocycles. The summed E-state index contributed by atoms with van der Waals surface area (Å²) >= 11 is 0. The maximum atomic E-state index is 12.8. The molecule has 8 nitrogen and oxygen atoms in total. The van der Waals surface area contributed by atoms with E-state index in [1.165, 1.54) is 0 Å². The van der Waals surface area contributed by atoms with Gasteiger partial charge in [0.15, 0.2) is 0 Å². The molecule has 4 aliphatic rings. The van der Waals surface area contributed by atoms with Crippen LogP contribution >= 0.6 is 0 Å². The number of halogens is 3. The normalized spacial score (nSPS) is 35.0. The smallest absolute Gasteiger partial charge is 0.405 e. The number of aliphatic imine (C=N–C) groups is 2. The third kappa shape index (κ3) is 5.47. The Balaban J connectivity index is 1.53. The van der Waals surface area contributed by atoms with Crippen molar-refractivity contribution < 1.29 is 28.1 Å². The lowest BCUT2D eigenvalue weighted by Crippen LogP contribution is -2.41. The van der Waals surface area contributed by atoms with Gasteiger partial charge in [-0.1, -0.05) is 32.4 Å². The summed E-state index contributed by atoms with van der Waals surface area (Å²) in [5.74, 6) is -0.164. The van der Waals surface area contributed by atoms with Gasteiger partial charge in [0, 0.05) is 11.6 Å². The lowest BCUT2D eigenvalue weighted by molar-refractivity contribution is -0.123. The first-order valence-electron chi connectivity index (χ1n) is 11.4. The van der Waals surface area contributed by atoms with Gasteiger partial charge in [-0.05, 0) is 42.9 Å². The first-order valence-corrected chi connectivity index (χ1v) is 11.4. The van der Waals surface area contributed by atoms with Gasteiger partial charge in [-0.25, -0.2) is 4.99 Å². The van der Waals surface area contributed by atoms with Gasteiger partial charge >= 0.3 is 12.2 Å². The summed E-state index contributed by atoms with van der Waals surface area (Å²) in [5, 5.41) is 22.0. The van der Waals surface area contributed by atoms with Crippen molar-refractivity contribution in [3.63, 3.8) is 0 Å². The van der Waals surface area contributed by atoms with Crippen LogP contribution in [0.1, 0.15) is 40.5 Å². The van der Waals surface area contributed by atoms with Crippen LogP contribution in [0.3, 0.4) is 0 Å². The molecule has 0 amide bonds. The summed E-state index contributed by atoms with van der Waals surface area (Å²) in [6.07, 6.45) is -0.286. The highest BCUT2D eigenvalue weighted by Crippen LogP contribution is 2.41. The van der Waals surface area contributed by atoms with Crippen molar-refractivity contribution >= 4 is 11.7 Å². The van der Waals surface area contributed by atoms with E-state index in [1.807, 2.05) is 39.8 Å². The lowest BCUT2D eigenvalue weighted by Gasteiger charge is -2.38. The summed E-state index contributed by atoms with van der Waals surface area (Å²) in [5.41, 5.74) is 8.59. The Labute approximate surface area is 196 Å². The summed E-state index contributed by atoms with van der Waals surface area (Å²) in [7, 11) is 0. The summed E-state index contributed by atoms with van der Waals surface area (Å²) < 4.78 is 44.2. The third-order valence-electron chi connectivity index (χ3n) is 6.46. The molecule has 1 saturated heterocycles. The number of hydrogen-bond acceptors (Lipinski definition) is 7. The van der Waals surface area contributed by atoms with Gasteiger partial charge in [0.1, 0.15) is 6.54 Å². The number of allylic oxidation sites excluding steroid dienone is 1. The Morgan fingerprint density at radius 3 is 2.47 bits per heavy atom. The maximum absolute atomic E-state index is 12.8. The molecule has 0 spiro atoms. The number of alkyl halides is 3. The molecule has 0 aromatic rings. The van der Waals surface area contributed by atoms with Gasteiger partial charge in [-0.3, -0.25) is 10.4 Å². The largest absolute Gasteiger partial charge is 0.438 e. The molecule has 6 atom stereocenters. The van der Waals surface area contributed by atoms with E-state index in [0.29, 0.717) is 24.3 Å². The van der Waals surface area contributed by atoms with E-state index in [0.717, 1.165) is 11.1 Å². The maximum Gasteiger partial charge on any atom is 0.405 e. The van der Waals surface area contributed by atoms with Crippen molar-refractivity contribution in [3.05, 3.63) is 35.1 Å². The molecule has 2 aliphatic heterocycles. The number of nitrogens with zero attached hydrogens (tertiary/aromatic N) is 2. The molecule has 5 N–H and O–H groups in total. The summed E-state index contributed by atoms with van der Waals surface area (Å²) in [6, 6.07) is -0.242. The van der Waals surface area contributed by atoms with Crippen molar-refractivity contribution in [1.82, 2.24) is 16.2 Å². The predicted molar refractivity (Wildman–Crippen MR) is 122 cm³/mol. The number of dihydropyridines is 1. The van der Waals surface area contributed by atoms with Crippen molar-refractivity contribution in [2.75, 3.05) is 6.54 Å². The van der Waals surface area contributed by atoms with E-state index >= 15 is 0 Å². The molecule has 0 radical (unpaired) electrons. The lowest BCUT2D eigenvalue weighted by atomic mass is 9.72. The van der Waals surface area contributed by atoms with Crippen LogP contribution in [0.4, 0.5) is 13.2 Å². The molecule has 0 aromatic carbocycles. The molecule has 1 saturated carbocycles. The first-order chi connectivity index (χ1) is 15.8. The zero-order valence-corrected chi connectivity index (χ0v) is 19.6. The van der Waals surface area contributed by atoms with E-state index < -0.39 is 31.2 Å². The van der Waals surface area contributed by atoms with Crippen molar-refractivity contribution in [2.24, 2.45) is 21.3 Å². The second-order valence-electron chi connectivity index (χ2n) is 10.3. The number of ether oxygens (including phenoxy) is 1. The molecule has 0 aromatic heterocycles. The van der Waals surface area contributed by atoms with Gasteiger partial charge in [0.25, 0.3) is 0 Å². The average molecular weight is 484 g/mol. The second kappa shape index (κ2) is 9.01. The molecule has 0 bridgehead atoms. The van der Waals surface area contributed by atoms with Crippen LogP contribution in [0.25, 0.3) is 0 Å². The Morgan fingerprint density at radius 2 is 1.85 bits per heavy atom. The minimum absolute atomic E-state index is 0.164. The Hall–Kier alpha value is -2.37. The van der Waals surface area contributed by atoms with Gasteiger partial charge < -0.3 is 20.3 Å². The van der Waals surface area contributed by atoms with E-state index in [1.54, 1.807) is 6.08 Å². The first kappa shape index (κ1) is 24.7. The second-order valence-corrected chi connectivity index (χ2v) is 10.3. The fourth-order valence-electron chi connectivity index (χ4n) is 4.69. The Morgan fingerprint density at radius 1 is 1.18 bits per heavy atom. The fourth-order valence-corrected chi connectivity index (χ4v) is 4.69. The molecular weight excluding hydrogens is 451 g/mol. The van der Waals surface area contributed by atoms with Crippen molar-refractivity contribution in [3.8, 4) is 0 Å². The minimum Gasteiger partial charge on any atom is -0.438 e. The predicted octanol–water partition coefficient (Wildman–Crippen LogP) is 2.08. The van der Waals surface area contributed by atoms with Crippen LogP contribution < -0.4 is 16.2 Å². The van der Waals surface area contributed by atoms with Crippen molar-refractivity contribution in [1.29, 1.82) is 0 Å². The topological polar surface area (TPSA) is 111 Å². The Bertz CT molecular complexity index is 954. The average Bonchev–Trinajstić information content (AvgIpc) is 3.31. The number of aliphatic hydroxyl groups is 2. The van der Waals surface area contributed by atoms with Gasteiger partial charge in [0.05, 0.1) is 30.0 Å². The fraction of sp³-hybridized carbons (Fsp3) is 0.652. The van der Waals surface area contributed by atoms with Crippen molar-refractivity contribution in [2.45, 2.75) is 77.2 Å². The van der Waals surface area contributed by atoms with Crippen LogP contribution in [-0.2, 0) is 4.74 Å². The number of amidine groups is 1.